The molecule has 1 aromatic heterocycles. The first-order chi connectivity index (χ1) is 8.47. The van der Waals surface area contributed by atoms with Gasteiger partial charge < -0.3 is 10.1 Å². The maximum Gasteiger partial charge on any atom is 0.336 e. The number of carboxylic acids is 1. The maximum absolute atomic E-state index is 11.1. The van der Waals surface area contributed by atoms with Gasteiger partial charge in [-0.2, -0.15) is 0 Å². The number of rotatable bonds is 2. The van der Waals surface area contributed by atoms with Crippen LogP contribution in [-0.2, 0) is 0 Å². The molecule has 0 amide bonds. The van der Waals surface area contributed by atoms with Crippen LogP contribution in [0.1, 0.15) is 10.4 Å². The number of halogens is 2. The molecule has 6 heteroatoms. The van der Waals surface area contributed by atoms with Crippen molar-refractivity contribution in [1.29, 1.82) is 0 Å². The molecule has 2 aromatic rings. The number of carbonyl (C=O) groups is 1. The zero-order valence-corrected chi connectivity index (χ0v) is 10.4. The van der Waals surface area contributed by atoms with Crippen LogP contribution < -0.4 is 5.56 Å². The summed E-state index contributed by atoms with van der Waals surface area (Å²) < 4.78 is 0. The van der Waals surface area contributed by atoms with Gasteiger partial charge in [0.25, 0.3) is 0 Å². The summed E-state index contributed by atoms with van der Waals surface area (Å²) in [4.78, 5) is 24.7. The number of aromatic amines is 1. The summed E-state index contributed by atoms with van der Waals surface area (Å²) in [5.74, 6) is -1.19. The molecule has 1 aromatic carbocycles. The molecule has 0 unspecified atom stereocenters. The van der Waals surface area contributed by atoms with Crippen LogP contribution >= 0.6 is 23.2 Å². The molecule has 0 saturated heterocycles. The zero-order chi connectivity index (χ0) is 13.3. The minimum Gasteiger partial charge on any atom is -0.478 e. The molecule has 0 bridgehead atoms. The molecule has 4 nitrogen and oxygen atoms in total. The van der Waals surface area contributed by atoms with Crippen molar-refractivity contribution in [1.82, 2.24) is 4.98 Å². The first-order valence-corrected chi connectivity index (χ1v) is 5.65. The highest BCUT2D eigenvalue weighted by molar-refractivity contribution is 6.35. The molecule has 2 N–H and O–H groups in total. The predicted octanol–water partition coefficient (Wildman–Crippen LogP) is 3.05. The van der Waals surface area contributed by atoms with E-state index in [1.165, 1.54) is 6.20 Å². The van der Waals surface area contributed by atoms with E-state index in [9.17, 15) is 9.59 Å². The van der Waals surface area contributed by atoms with Gasteiger partial charge in [0, 0.05) is 27.9 Å². The monoisotopic (exact) mass is 283 g/mol. The molecule has 2 rings (SSSR count). The normalized spacial score (nSPS) is 10.3. The van der Waals surface area contributed by atoms with E-state index < -0.39 is 11.5 Å². The molecule has 0 atom stereocenters. The molecule has 0 fully saturated rings. The Morgan fingerprint density at radius 3 is 2.28 bits per heavy atom. The van der Waals surface area contributed by atoms with Gasteiger partial charge >= 0.3 is 5.97 Å². The fourth-order valence-corrected chi connectivity index (χ4v) is 2.12. The molecule has 18 heavy (non-hydrogen) atoms. The second kappa shape index (κ2) is 4.84. The van der Waals surface area contributed by atoms with Crippen molar-refractivity contribution in [2.45, 2.75) is 0 Å². The van der Waals surface area contributed by atoms with Crippen molar-refractivity contribution in [3.63, 3.8) is 0 Å². The number of nitrogens with one attached hydrogen (secondary N) is 1. The fraction of sp³-hybridized carbons (Fsp3) is 0. The number of H-pyrrole nitrogens is 1. The van der Waals surface area contributed by atoms with Crippen LogP contribution in [0, 0.1) is 0 Å². The number of aromatic carboxylic acids is 1. The Balaban J connectivity index is 2.70. The number of hydrogen-bond acceptors (Lipinski definition) is 2. The van der Waals surface area contributed by atoms with E-state index in [-0.39, 0.29) is 5.56 Å². The summed E-state index contributed by atoms with van der Waals surface area (Å²) in [6.45, 7) is 0. The molecular weight excluding hydrogens is 277 g/mol. The van der Waals surface area contributed by atoms with Gasteiger partial charge in [-0.15, -0.1) is 0 Å². The summed E-state index contributed by atoms with van der Waals surface area (Å²) in [5, 5.41) is 9.85. The maximum atomic E-state index is 11.1. The molecule has 1 heterocycles. The van der Waals surface area contributed by atoms with Crippen molar-refractivity contribution in [3.05, 3.63) is 56.4 Å². The quantitative estimate of drug-likeness (QED) is 0.890. The topological polar surface area (TPSA) is 70.2 Å². The highest BCUT2D eigenvalue weighted by Crippen LogP contribution is 2.28. The van der Waals surface area contributed by atoms with Crippen LogP contribution in [-0.4, -0.2) is 16.1 Å². The van der Waals surface area contributed by atoms with E-state index >= 15 is 0 Å². The lowest BCUT2D eigenvalue weighted by Crippen LogP contribution is -2.10. The zero-order valence-electron chi connectivity index (χ0n) is 8.91. The molecule has 0 spiro atoms. The van der Waals surface area contributed by atoms with Crippen LogP contribution in [0.25, 0.3) is 11.1 Å². The van der Waals surface area contributed by atoms with Crippen LogP contribution in [0.4, 0.5) is 0 Å². The Morgan fingerprint density at radius 2 is 1.72 bits per heavy atom. The largest absolute Gasteiger partial charge is 0.478 e. The summed E-state index contributed by atoms with van der Waals surface area (Å²) in [6.07, 6.45) is 1.33. The predicted molar refractivity (Wildman–Crippen MR) is 69.5 cm³/mol. The second-order valence-corrected chi connectivity index (χ2v) is 4.46. The van der Waals surface area contributed by atoms with Crippen molar-refractivity contribution in [2.75, 3.05) is 0 Å². The average molecular weight is 284 g/mol. The molecular formula is C12H7Cl2NO3. The Hall–Kier alpha value is -1.78. The van der Waals surface area contributed by atoms with E-state index in [0.717, 1.165) is 6.07 Å². The van der Waals surface area contributed by atoms with Gasteiger partial charge in [0.05, 0.1) is 5.56 Å². The van der Waals surface area contributed by atoms with Crippen molar-refractivity contribution >= 4 is 29.2 Å². The van der Waals surface area contributed by atoms with Crippen LogP contribution in [0.3, 0.4) is 0 Å². The SMILES string of the molecule is O=C(O)c1cc(=O)[nH]cc1-c1cc(Cl)cc(Cl)c1. The smallest absolute Gasteiger partial charge is 0.336 e. The number of benzene rings is 1. The first-order valence-electron chi connectivity index (χ1n) is 4.90. The second-order valence-electron chi connectivity index (χ2n) is 3.59. The summed E-state index contributed by atoms with van der Waals surface area (Å²) >= 11 is 11.7. The van der Waals surface area contributed by atoms with Gasteiger partial charge in [-0.25, -0.2) is 4.79 Å². The number of aromatic nitrogens is 1. The average Bonchev–Trinajstić information content (AvgIpc) is 2.27. The molecule has 0 aliphatic rings. The fourth-order valence-electron chi connectivity index (χ4n) is 1.60. The number of hydrogen-bond donors (Lipinski definition) is 2. The highest BCUT2D eigenvalue weighted by atomic mass is 35.5. The van der Waals surface area contributed by atoms with Gasteiger partial charge in [0.15, 0.2) is 0 Å². The Morgan fingerprint density at radius 1 is 1.11 bits per heavy atom. The summed E-state index contributed by atoms with van der Waals surface area (Å²) in [7, 11) is 0. The standard InChI is InChI=1S/C12H7Cl2NO3/c13-7-1-6(2-8(14)3-7)10-5-15-11(16)4-9(10)12(17)18/h1-5H,(H,15,16)(H,17,18). The summed E-state index contributed by atoms with van der Waals surface area (Å²) in [6, 6.07) is 5.71. The van der Waals surface area contributed by atoms with Gasteiger partial charge in [0.2, 0.25) is 5.56 Å². The third-order valence-electron chi connectivity index (χ3n) is 2.33. The Bertz CT molecular complexity index is 659. The van der Waals surface area contributed by atoms with Gasteiger partial charge in [-0.3, -0.25) is 4.79 Å². The van der Waals surface area contributed by atoms with E-state index in [1.54, 1.807) is 18.2 Å². The Labute approximate surface area is 112 Å². The lowest BCUT2D eigenvalue weighted by Gasteiger charge is -2.06. The van der Waals surface area contributed by atoms with Crippen molar-refractivity contribution < 1.29 is 9.90 Å². The Kier molecular flexibility index (Phi) is 3.41. The minimum absolute atomic E-state index is 0.0999. The summed E-state index contributed by atoms with van der Waals surface area (Å²) in [5.41, 5.74) is 0.300. The first kappa shape index (κ1) is 12.7. The number of pyridine rings is 1. The lowest BCUT2D eigenvalue weighted by atomic mass is 10.0. The molecule has 0 saturated carbocycles. The van der Waals surface area contributed by atoms with E-state index in [4.69, 9.17) is 28.3 Å². The van der Waals surface area contributed by atoms with Crippen molar-refractivity contribution in [2.24, 2.45) is 0 Å². The van der Waals surface area contributed by atoms with Gasteiger partial charge in [-0.1, -0.05) is 23.2 Å². The third kappa shape index (κ3) is 2.55. The third-order valence-corrected chi connectivity index (χ3v) is 2.76. The van der Waals surface area contributed by atoms with Crippen LogP contribution in [0.5, 0.6) is 0 Å². The molecule has 0 aliphatic carbocycles. The minimum atomic E-state index is -1.19. The van der Waals surface area contributed by atoms with Gasteiger partial charge in [0.1, 0.15) is 0 Å². The van der Waals surface area contributed by atoms with Crippen LogP contribution in [0.2, 0.25) is 10.0 Å². The van der Waals surface area contributed by atoms with E-state index in [1.807, 2.05) is 0 Å². The molecule has 0 aliphatic heterocycles. The van der Waals surface area contributed by atoms with Crippen molar-refractivity contribution in [3.8, 4) is 11.1 Å². The van der Waals surface area contributed by atoms with E-state index in [2.05, 4.69) is 4.98 Å². The highest BCUT2D eigenvalue weighted by Gasteiger charge is 2.13. The molecule has 92 valence electrons. The lowest BCUT2D eigenvalue weighted by molar-refractivity contribution is 0.0697. The van der Waals surface area contributed by atoms with Gasteiger partial charge in [-0.05, 0) is 23.8 Å². The number of carboxylic acid groups (broad SMARTS) is 1. The van der Waals surface area contributed by atoms with Crippen LogP contribution in [0.15, 0.2) is 35.3 Å². The van der Waals surface area contributed by atoms with E-state index in [0.29, 0.717) is 21.2 Å². The molecule has 0 radical (unpaired) electrons.